The number of carbonyl (C=O) groups excluding carboxylic acids is 1. The van der Waals surface area contributed by atoms with Gasteiger partial charge >= 0.3 is 0 Å². The third-order valence-electron chi connectivity index (χ3n) is 3.84. The first kappa shape index (κ1) is 19.3. The van der Waals surface area contributed by atoms with Gasteiger partial charge in [-0.25, -0.2) is 0 Å². The number of benzene rings is 2. The number of amides is 1. The number of ether oxygens (including phenoxy) is 1. The van der Waals surface area contributed by atoms with Gasteiger partial charge in [-0.3, -0.25) is 9.36 Å². The van der Waals surface area contributed by atoms with E-state index in [0.29, 0.717) is 22.6 Å². The minimum atomic E-state index is -0.449. The Hall–Kier alpha value is -2.51. The largest absolute Gasteiger partial charge is 0.494 e. The summed E-state index contributed by atoms with van der Waals surface area (Å²) < 4.78 is 7.37. The van der Waals surface area contributed by atoms with Crippen molar-refractivity contribution in [2.75, 3.05) is 6.61 Å². The zero-order valence-electron chi connectivity index (χ0n) is 14.9. The van der Waals surface area contributed by atoms with Crippen LogP contribution in [0.4, 0.5) is 0 Å². The zero-order valence-corrected chi connectivity index (χ0v) is 16.5. The van der Waals surface area contributed by atoms with Crippen LogP contribution in [-0.4, -0.2) is 32.5 Å². The highest BCUT2D eigenvalue weighted by molar-refractivity contribution is 8.00. The fourth-order valence-electron chi connectivity index (χ4n) is 2.47. The molecule has 3 rings (SSSR count). The first-order valence-corrected chi connectivity index (χ1v) is 9.66. The summed E-state index contributed by atoms with van der Waals surface area (Å²) in [5.74, 6) is 0.942. The molecule has 140 valence electrons. The maximum atomic E-state index is 11.5. The fraction of sp³-hybridized carbons (Fsp3) is 0.211. The van der Waals surface area contributed by atoms with E-state index in [0.717, 1.165) is 17.0 Å². The summed E-state index contributed by atoms with van der Waals surface area (Å²) >= 11 is 7.62. The number of aromatic nitrogens is 3. The minimum Gasteiger partial charge on any atom is -0.494 e. The molecule has 1 unspecified atom stereocenters. The Morgan fingerprint density at radius 2 is 1.93 bits per heavy atom. The molecule has 27 heavy (non-hydrogen) atoms. The lowest BCUT2D eigenvalue weighted by Gasteiger charge is -2.13. The topological polar surface area (TPSA) is 83.0 Å². The average molecular weight is 403 g/mol. The SMILES string of the molecule is CCOc1ccc(-n2c(SC(C)C(N)=O)nnc2-c2ccccc2Cl)cc1. The van der Waals surface area contributed by atoms with Gasteiger partial charge in [0.2, 0.25) is 5.91 Å². The molecule has 1 atom stereocenters. The lowest BCUT2D eigenvalue weighted by Crippen LogP contribution is -2.23. The molecule has 1 amide bonds. The number of hydrogen-bond donors (Lipinski definition) is 1. The third kappa shape index (κ3) is 4.26. The molecule has 0 bridgehead atoms. The van der Waals surface area contributed by atoms with Crippen molar-refractivity contribution >= 4 is 29.3 Å². The summed E-state index contributed by atoms with van der Waals surface area (Å²) in [6.45, 7) is 4.26. The number of hydrogen-bond acceptors (Lipinski definition) is 5. The fourth-order valence-corrected chi connectivity index (χ4v) is 3.51. The second-order valence-corrected chi connectivity index (χ2v) is 7.43. The number of rotatable bonds is 7. The molecule has 1 heterocycles. The Balaban J connectivity index is 2.11. The Morgan fingerprint density at radius 3 is 2.56 bits per heavy atom. The predicted octanol–water partition coefficient (Wildman–Crippen LogP) is 3.95. The molecule has 1 aromatic heterocycles. The van der Waals surface area contributed by atoms with Crippen LogP contribution in [-0.2, 0) is 4.79 Å². The zero-order chi connectivity index (χ0) is 19.4. The highest BCUT2D eigenvalue weighted by Crippen LogP contribution is 2.33. The Kier molecular flexibility index (Phi) is 6.03. The summed E-state index contributed by atoms with van der Waals surface area (Å²) in [4.78, 5) is 11.5. The lowest BCUT2D eigenvalue weighted by molar-refractivity contribution is -0.117. The number of primary amides is 1. The minimum absolute atomic E-state index is 0.416. The van der Waals surface area contributed by atoms with E-state index in [1.54, 1.807) is 13.0 Å². The van der Waals surface area contributed by atoms with Crippen LogP contribution in [0.5, 0.6) is 5.75 Å². The first-order chi connectivity index (χ1) is 13.0. The van der Waals surface area contributed by atoms with Gasteiger partial charge in [-0.1, -0.05) is 35.5 Å². The number of carbonyl (C=O) groups is 1. The second-order valence-electron chi connectivity index (χ2n) is 5.71. The maximum Gasteiger partial charge on any atom is 0.230 e. The monoisotopic (exact) mass is 402 g/mol. The molecule has 0 aliphatic carbocycles. The van der Waals surface area contributed by atoms with Crippen molar-refractivity contribution in [1.82, 2.24) is 14.8 Å². The van der Waals surface area contributed by atoms with E-state index in [-0.39, 0.29) is 0 Å². The number of nitrogens with two attached hydrogens (primary N) is 1. The lowest BCUT2D eigenvalue weighted by atomic mass is 10.2. The van der Waals surface area contributed by atoms with E-state index < -0.39 is 11.2 Å². The highest BCUT2D eigenvalue weighted by atomic mass is 35.5. The first-order valence-electron chi connectivity index (χ1n) is 8.40. The van der Waals surface area contributed by atoms with Crippen LogP contribution in [0.2, 0.25) is 5.02 Å². The molecular formula is C19H19ClN4O2S. The van der Waals surface area contributed by atoms with Crippen LogP contribution in [0.15, 0.2) is 53.7 Å². The van der Waals surface area contributed by atoms with Gasteiger partial charge in [0, 0.05) is 11.3 Å². The molecule has 2 aromatic carbocycles. The maximum absolute atomic E-state index is 11.5. The van der Waals surface area contributed by atoms with Gasteiger partial charge in [-0.05, 0) is 50.2 Å². The van der Waals surface area contributed by atoms with Gasteiger partial charge in [-0.2, -0.15) is 0 Å². The van der Waals surface area contributed by atoms with Crippen molar-refractivity contribution in [3.8, 4) is 22.8 Å². The molecule has 0 radical (unpaired) electrons. The van der Waals surface area contributed by atoms with Crippen molar-refractivity contribution < 1.29 is 9.53 Å². The van der Waals surface area contributed by atoms with Crippen LogP contribution >= 0.6 is 23.4 Å². The van der Waals surface area contributed by atoms with E-state index in [9.17, 15) is 4.79 Å². The van der Waals surface area contributed by atoms with Crippen molar-refractivity contribution in [2.24, 2.45) is 5.73 Å². The number of nitrogens with zero attached hydrogens (tertiary/aromatic N) is 3. The molecule has 3 aromatic rings. The van der Waals surface area contributed by atoms with Crippen LogP contribution in [0.1, 0.15) is 13.8 Å². The van der Waals surface area contributed by atoms with Gasteiger partial charge in [0.25, 0.3) is 0 Å². The second kappa shape index (κ2) is 8.45. The van der Waals surface area contributed by atoms with Crippen LogP contribution in [0.3, 0.4) is 0 Å². The summed E-state index contributed by atoms with van der Waals surface area (Å²) in [5.41, 5.74) is 6.99. The van der Waals surface area contributed by atoms with Crippen molar-refractivity contribution in [3.63, 3.8) is 0 Å². The van der Waals surface area contributed by atoms with E-state index in [1.165, 1.54) is 11.8 Å². The van der Waals surface area contributed by atoms with Crippen LogP contribution in [0, 0.1) is 0 Å². The molecule has 6 nitrogen and oxygen atoms in total. The van der Waals surface area contributed by atoms with Crippen molar-refractivity contribution in [2.45, 2.75) is 24.3 Å². The van der Waals surface area contributed by atoms with E-state index in [4.69, 9.17) is 22.1 Å². The quantitative estimate of drug-likeness (QED) is 0.605. The molecule has 0 spiro atoms. The Bertz CT molecular complexity index is 943. The summed E-state index contributed by atoms with van der Waals surface area (Å²) in [6.07, 6.45) is 0. The molecule has 8 heteroatoms. The smallest absolute Gasteiger partial charge is 0.230 e. The Morgan fingerprint density at radius 1 is 1.22 bits per heavy atom. The predicted molar refractivity (Wildman–Crippen MR) is 107 cm³/mol. The number of halogens is 1. The average Bonchev–Trinajstić information content (AvgIpc) is 3.06. The van der Waals surface area contributed by atoms with Gasteiger partial charge in [-0.15, -0.1) is 10.2 Å². The van der Waals surface area contributed by atoms with Crippen molar-refractivity contribution in [1.29, 1.82) is 0 Å². The van der Waals surface area contributed by atoms with E-state index in [2.05, 4.69) is 10.2 Å². The van der Waals surface area contributed by atoms with E-state index in [1.807, 2.05) is 54.0 Å². The molecule has 0 saturated carbocycles. The summed E-state index contributed by atoms with van der Waals surface area (Å²) in [5, 5.41) is 9.26. The molecule has 0 aliphatic rings. The molecule has 2 N–H and O–H groups in total. The van der Waals surface area contributed by atoms with Gasteiger partial charge < -0.3 is 10.5 Å². The number of thioether (sulfide) groups is 1. The standard InChI is InChI=1S/C19H19ClN4O2S/c1-3-26-14-10-8-13(9-11-14)24-18(15-6-4-5-7-16(15)20)22-23-19(24)27-12(2)17(21)25/h4-12H,3H2,1-2H3,(H2,21,25). The molecule has 0 fully saturated rings. The van der Waals surface area contributed by atoms with Gasteiger partial charge in [0.05, 0.1) is 16.9 Å². The van der Waals surface area contributed by atoms with Crippen molar-refractivity contribution in [3.05, 3.63) is 53.6 Å². The normalized spacial score (nSPS) is 12.0. The third-order valence-corrected chi connectivity index (χ3v) is 5.23. The van der Waals surface area contributed by atoms with Crippen LogP contribution in [0.25, 0.3) is 17.1 Å². The Labute approximate surface area is 166 Å². The summed E-state index contributed by atoms with van der Waals surface area (Å²) in [7, 11) is 0. The van der Waals surface area contributed by atoms with Gasteiger partial charge in [0.15, 0.2) is 11.0 Å². The highest BCUT2D eigenvalue weighted by Gasteiger charge is 2.21. The summed E-state index contributed by atoms with van der Waals surface area (Å²) in [6, 6.07) is 15.0. The molecule has 0 saturated heterocycles. The van der Waals surface area contributed by atoms with Crippen LogP contribution < -0.4 is 10.5 Å². The molecular weight excluding hydrogens is 384 g/mol. The van der Waals surface area contributed by atoms with E-state index >= 15 is 0 Å². The molecule has 0 aliphatic heterocycles. The van der Waals surface area contributed by atoms with Gasteiger partial charge in [0.1, 0.15) is 5.75 Å².